The molecule has 3 nitrogen and oxygen atoms in total. The van der Waals surface area contributed by atoms with E-state index in [2.05, 4.69) is 31.3 Å². The molecule has 0 aromatic heterocycles. The highest BCUT2D eigenvalue weighted by Gasteiger charge is 2.32. The summed E-state index contributed by atoms with van der Waals surface area (Å²) in [6.45, 7) is 4.19. The summed E-state index contributed by atoms with van der Waals surface area (Å²) in [5.41, 5.74) is 4.72. The smallest absolute Gasteiger partial charge is 0.281 e. The van der Waals surface area contributed by atoms with Gasteiger partial charge >= 0.3 is 0 Å². The number of para-hydroxylation sites is 1. The van der Waals surface area contributed by atoms with Crippen LogP contribution in [-0.2, 0) is 17.6 Å². The van der Waals surface area contributed by atoms with Crippen molar-refractivity contribution >= 4 is 35.0 Å². The Morgan fingerprint density at radius 3 is 2.42 bits per heavy atom. The lowest BCUT2D eigenvalue weighted by atomic mass is 10.1. The largest absolute Gasteiger partial charge is 0.327 e. The molecule has 1 heterocycles. The number of carbonyl (C=O) groups excluding carboxylic acids is 1. The minimum Gasteiger partial charge on any atom is -0.327 e. The monoisotopic (exact) mass is 336 g/mol. The van der Waals surface area contributed by atoms with E-state index in [1.807, 2.05) is 42.5 Å². The molecule has 24 heavy (non-hydrogen) atoms. The van der Waals surface area contributed by atoms with E-state index in [1.54, 1.807) is 4.90 Å². The standard InChI is InChI=1S/C20H20N2OS/c1-3-14-9-11-15(12-10-14)13-17-19(23)22(20(24)21-17)18-8-6-5-7-16(18)4-2/h5-13H,3-4H2,1-2H3,(H,21,24)/b17-13-. The molecule has 1 amide bonds. The molecule has 1 aliphatic heterocycles. The maximum Gasteiger partial charge on any atom is 0.281 e. The molecule has 1 fully saturated rings. The molecule has 2 aromatic rings. The predicted molar refractivity (Wildman–Crippen MR) is 103 cm³/mol. The first kappa shape index (κ1) is 16.4. The fourth-order valence-corrected chi connectivity index (χ4v) is 3.09. The van der Waals surface area contributed by atoms with Crippen molar-refractivity contribution in [3.63, 3.8) is 0 Å². The molecule has 1 saturated heterocycles. The average molecular weight is 336 g/mol. The van der Waals surface area contributed by atoms with Gasteiger partial charge in [-0.15, -0.1) is 0 Å². The fraction of sp³-hybridized carbons (Fsp3) is 0.200. The molecule has 0 aliphatic carbocycles. The van der Waals surface area contributed by atoms with Gasteiger partial charge in [0.15, 0.2) is 5.11 Å². The van der Waals surface area contributed by atoms with Crippen molar-refractivity contribution in [2.45, 2.75) is 26.7 Å². The highest BCUT2D eigenvalue weighted by Crippen LogP contribution is 2.26. The van der Waals surface area contributed by atoms with Crippen molar-refractivity contribution in [1.82, 2.24) is 5.32 Å². The van der Waals surface area contributed by atoms with Crippen LogP contribution in [0.3, 0.4) is 0 Å². The number of hydrogen-bond donors (Lipinski definition) is 1. The maximum atomic E-state index is 12.8. The van der Waals surface area contributed by atoms with Crippen LogP contribution in [0.1, 0.15) is 30.5 Å². The zero-order chi connectivity index (χ0) is 17.1. The molecule has 1 N–H and O–H groups in total. The summed E-state index contributed by atoms with van der Waals surface area (Å²) in [7, 11) is 0. The number of aryl methyl sites for hydroxylation is 2. The lowest BCUT2D eigenvalue weighted by Crippen LogP contribution is -2.31. The third-order valence-electron chi connectivity index (χ3n) is 4.19. The van der Waals surface area contributed by atoms with E-state index in [0.29, 0.717) is 10.8 Å². The molecule has 0 spiro atoms. The van der Waals surface area contributed by atoms with E-state index in [-0.39, 0.29) is 5.91 Å². The van der Waals surface area contributed by atoms with Crippen molar-refractivity contribution in [2.24, 2.45) is 0 Å². The zero-order valence-electron chi connectivity index (χ0n) is 13.9. The number of nitrogens with one attached hydrogen (secondary N) is 1. The number of hydrogen-bond acceptors (Lipinski definition) is 2. The minimum atomic E-state index is -0.111. The van der Waals surface area contributed by atoms with E-state index in [9.17, 15) is 4.79 Å². The second kappa shape index (κ2) is 6.97. The first-order valence-corrected chi connectivity index (χ1v) is 8.58. The lowest BCUT2D eigenvalue weighted by Gasteiger charge is -2.17. The van der Waals surface area contributed by atoms with Crippen LogP contribution in [0.15, 0.2) is 54.2 Å². The summed E-state index contributed by atoms with van der Waals surface area (Å²) >= 11 is 5.39. The van der Waals surface area contributed by atoms with Gasteiger partial charge < -0.3 is 5.32 Å². The third-order valence-corrected chi connectivity index (χ3v) is 4.48. The fourth-order valence-electron chi connectivity index (χ4n) is 2.80. The van der Waals surface area contributed by atoms with Crippen LogP contribution in [-0.4, -0.2) is 11.0 Å². The normalized spacial score (nSPS) is 15.9. The van der Waals surface area contributed by atoms with Gasteiger partial charge in [-0.2, -0.15) is 0 Å². The van der Waals surface area contributed by atoms with Gasteiger partial charge in [-0.3, -0.25) is 9.69 Å². The number of carbonyl (C=O) groups is 1. The molecular weight excluding hydrogens is 316 g/mol. The number of thiocarbonyl (C=S) groups is 1. The second-order valence-electron chi connectivity index (χ2n) is 5.71. The van der Waals surface area contributed by atoms with Crippen LogP contribution in [0.25, 0.3) is 6.08 Å². The molecular formula is C20H20N2OS. The van der Waals surface area contributed by atoms with Gasteiger partial charge in [-0.25, -0.2) is 0 Å². The Morgan fingerprint density at radius 2 is 1.75 bits per heavy atom. The Hall–Kier alpha value is -2.46. The van der Waals surface area contributed by atoms with Crippen LogP contribution >= 0.6 is 12.2 Å². The van der Waals surface area contributed by atoms with Crippen LogP contribution in [0, 0.1) is 0 Å². The first-order valence-electron chi connectivity index (χ1n) is 8.18. The molecule has 0 bridgehead atoms. The van der Waals surface area contributed by atoms with Crippen molar-refractivity contribution in [3.8, 4) is 0 Å². The predicted octanol–water partition coefficient (Wildman–Crippen LogP) is 4.07. The molecule has 3 rings (SSSR count). The van der Waals surface area contributed by atoms with E-state index in [1.165, 1.54) is 5.56 Å². The van der Waals surface area contributed by atoms with Gasteiger partial charge in [0.2, 0.25) is 0 Å². The molecule has 0 radical (unpaired) electrons. The van der Waals surface area contributed by atoms with Gasteiger partial charge in [0.05, 0.1) is 5.69 Å². The van der Waals surface area contributed by atoms with Gasteiger partial charge in [-0.1, -0.05) is 56.3 Å². The quantitative estimate of drug-likeness (QED) is 0.675. The van der Waals surface area contributed by atoms with Gasteiger partial charge in [0.25, 0.3) is 5.91 Å². The number of benzene rings is 2. The number of rotatable bonds is 4. The zero-order valence-corrected chi connectivity index (χ0v) is 14.7. The van der Waals surface area contributed by atoms with Crippen LogP contribution in [0.4, 0.5) is 5.69 Å². The van der Waals surface area contributed by atoms with Crippen molar-refractivity contribution in [3.05, 3.63) is 70.9 Å². The van der Waals surface area contributed by atoms with E-state index in [4.69, 9.17) is 12.2 Å². The topological polar surface area (TPSA) is 32.3 Å². The summed E-state index contributed by atoms with van der Waals surface area (Å²) in [4.78, 5) is 14.4. The summed E-state index contributed by atoms with van der Waals surface area (Å²) in [5, 5.41) is 3.48. The SMILES string of the molecule is CCc1ccc(/C=C2\NC(=S)N(c3ccccc3CC)C2=O)cc1. The molecule has 0 unspecified atom stereocenters. The molecule has 1 aliphatic rings. The molecule has 0 atom stereocenters. The summed E-state index contributed by atoms with van der Waals surface area (Å²) < 4.78 is 0. The van der Waals surface area contributed by atoms with Gasteiger partial charge in [-0.05, 0) is 53.9 Å². The third kappa shape index (κ3) is 3.10. The van der Waals surface area contributed by atoms with Crippen LogP contribution in [0.2, 0.25) is 0 Å². The highest BCUT2D eigenvalue weighted by atomic mass is 32.1. The van der Waals surface area contributed by atoms with E-state index in [0.717, 1.165) is 29.7 Å². The second-order valence-corrected chi connectivity index (χ2v) is 6.09. The Labute approximate surface area is 148 Å². The maximum absolute atomic E-state index is 12.8. The van der Waals surface area contributed by atoms with Crippen molar-refractivity contribution in [1.29, 1.82) is 0 Å². The Kier molecular flexibility index (Phi) is 4.76. The molecule has 4 heteroatoms. The van der Waals surface area contributed by atoms with Crippen molar-refractivity contribution < 1.29 is 4.79 Å². The minimum absolute atomic E-state index is 0.111. The van der Waals surface area contributed by atoms with Crippen molar-refractivity contribution in [2.75, 3.05) is 4.90 Å². The Balaban J connectivity index is 1.92. The molecule has 2 aromatic carbocycles. The van der Waals surface area contributed by atoms with Crippen LogP contribution < -0.4 is 10.2 Å². The van der Waals surface area contributed by atoms with E-state index < -0.39 is 0 Å². The number of nitrogens with zero attached hydrogens (tertiary/aromatic N) is 1. The van der Waals surface area contributed by atoms with E-state index >= 15 is 0 Å². The highest BCUT2D eigenvalue weighted by molar-refractivity contribution is 7.80. The molecule has 0 saturated carbocycles. The Bertz CT molecular complexity index is 809. The first-order chi connectivity index (χ1) is 11.6. The summed E-state index contributed by atoms with van der Waals surface area (Å²) in [5.74, 6) is -0.111. The molecule has 122 valence electrons. The number of amides is 1. The van der Waals surface area contributed by atoms with Gasteiger partial charge in [0, 0.05) is 0 Å². The number of anilines is 1. The van der Waals surface area contributed by atoms with Gasteiger partial charge in [0.1, 0.15) is 5.70 Å². The summed E-state index contributed by atoms with van der Waals surface area (Å²) in [6.07, 6.45) is 3.70. The lowest BCUT2D eigenvalue weighted by molar-refractivity contribution is -0.113. The summed E-state index contributed by atoms with van der Waals surface area (Å²) in [6, 6.07) is 16.1. The average Bonchev–Trinajstić information content (AvgIpc) is 2.89. The van der Waals surface area contributed by atoms with Crippen LogP contribution in [0.5, 0.6) is 0 Å². The Morgan fingerprint density at radius 1 is 1.04 bits per heavy atom.